The van der Waals surface area contributed by atoms with Gasteiger partial charge in [0.25, 0.3) is 0 Å². The maximum absolute atomic E-state index is 9.86. The average Bonchev–Trinajstić information content (AvgIpc) is 2.74. The zero-order chi connectivity index (χ0) is 19.2. The fourth-order valence-corrected chi connectivity index (χ4v) is 4.11. The summed E-state index contributed by atoms with van der Waals surface area (Å²) in [6.45, 7) is 5.31. The predicted octanol–water partition coefficient (Wildman–Crippen LogP) is 5.34. The highest BCUT2D eigenvalue weighted by molar-refractivity contribution is 5.85. The molecule has 5 heteroatoms. The van der Waals surface area contributed by atoms with Crippen molar-refractivity contribution in [3.05, 3.63) is 102 Å². The van der Waals surface area contributed by atoms with E-state index in [1.54, 1.807) is 6.07 Å². The molecule has 1 unspecified atom stereocenters. The third-order valence-electron chi connectivity index (χ3n) is 5.62. The highest BCUT2D eigenvalue weighted by Crippen LogP contribution is 2.27. The molecule has 1 atom stereocenters. The van der Waals surface area contributed by atoms with E-state index in [4.69, 9.17) is 0 Å². The van der Waals surface area contributed by atoms with Gasteiger partial charge in [-0.1, -0.05) is 72.8 Å². The maximum Gasteiger partial charge on any atom is 0.115 e. The summed E-state index contributed by atoms with van der Waals surface area (Å²) in [5, 5.41) is 9.86. The van der Waals surface area contributed by atoms with E-state index in [0.29, 0.717) is 11.8 Å². The molecule has 0 bridgehead atoms. The molecule has 30 heavy (non-hydrogen) atoms. The molecule has 3 aromatic rings. The highest BCUT2D eigenvalue weighted by atomic mass is 35.5. The fourth-order valence-electron chi connectivity index (χ4n) is 4.11. The molecule has 1 N–H and O–H groups in total. The molecule has 1 saturated heterocycles. The van der Waals surface area contributed by atoms with Crippen LogP contribution in [-0.2, 0) is 13.0 Å². The molecule has 1 fully saturated rings. The highest BCUT2D eigenvalue weighted by Gasteiger charge is 2.25. The third-order valence-corrected chi connectivity index (χ3v) is 5.62. The van der Waals surface area contributed by atoms with Gasteiger partial charge in [0.1, 0.15) is 5.75 Å². The number of piperazine rings is 1. The Morgan fingerprint density at radius 1 is 0.700 bits per heavy atom. The van der Waals surface area contributed by atoms with Crippen LogP contribution in [0, 0.1) is 0 Å². The average molecular weight is 445 g/mol. The van der Waals surface area contributed by atoms with E-state index in [9.17, 15) is 5.11 Å². The van der Waals surface area contributed by atoms with Crippen molar-refractivity contribution < 1.29 is 5.11 Å². The zero-order valence-electron chi connectivity index (χ0n) is 17.1. The number of nitrogens with zero attached hydrogens (tertiary/aromatic N) is 2. The molecule has 1 aliphatic heterocycles. The van der Waals surface area contributed by atoms with E-state index >= 15 is 0 Å². The van der Waals surface area contributed by atoms with Gasteiger partial charge in [-0.2, -0.15) is 0 Å². The Labute approximate surface area is 192 Å². The van der Waals surface area contributed by atoms with Crippen molar-refractivity contribution in [3.8, 4) is 5.75 Å². The molecule has 0 aliphatic carbocycles. The first-order valence-electron chi connectivity index (χ1n) is 10.1. The van der Waals surface area contributed by atoms with Gasteiger partial charge in [0.15, 0.2) is 0 Å². The zero-order valence-corrected chi connectivity index (χ0v) is 18.7. The number of hydrogen-bond donors (Lipinski definition) is 1. The summed E-state index contributed by atoms with van der Waals surface area (Å²) in [4.78, 5) is 5.14. The summed E-state index contributed by atoms with van der Waals surface area (Å²) in [7, 11) is 0. The minimum atomic E-state index is 0. The first kappa shape index (κ1) is 24.2. The molecule has 0 spiro atoms. The Bertz CT molecular complexity index is 869. The van der Waals surface area contributed by atoms with Crippen molar-refractivity contribution in [2.24, 2.45) is 0 Å². The Balaban J connectivity index is 0.00000160. The summed E-state index contributed by atoms with van der Waals surface area (Å²) in [6, 6.07) is 29.5. The van der Waals surface area contributed by atoms with E-state index in [1.165, 1.54) is 16.7 Å². The summed E-state index contributed by atoms with van der Waals surface area (Å²) in [5.41, 5.74) is 3.92. The summed E-state index contributed by atoms with van der Waals surface area (Å²) in [6.07, 6.45) is 0.914. The van der Waals surface area contributed by atoms with Crippen molar-refractivity contribution in [1.29, 1.82) is 0 Å². The van der Waals surface area contributed by atoms with Crippen LogP contribution in [0.3, 0.4) is 0 Å². The summed E-state index contributed by atoms with van der Waals surface area (Å²) in [5.74, 6) is 0.344. The Morgan fingerprint density at radius 2 is 1.30 bits per heavy atom. The molecule has 0 saturated carbocycles. The maximum atomic E-state index is 9.86. The Kier molecular flexibility index (Phi) is 9.67. The first-order chi connectivity index (χ1) is 13.8. The molecule has 3 aromatic carbocycles. The Hall–Kier alpha value is -2.04. The molecule has 0 amide bonds. The summed E-state index contributed by atoms with van der Waals surface area (Å²) < 4.78 is 0. The van der Waals surface area contributed by atoms with Gasteiger partial charge in [-0.15, -0.1) is 24.8 Å². The van der Waals surface area contributed by atoms with Crippen molar-refractivity contribution in [2.75, 3.05) is 26.2 Å². The van der Waals surface area contributed by atoms with Gasteiger partial charge in [0.2, 0.25) is 0 Å². The molecule has 0 radical (unpaired) electrons. The lowest BCUT2D eigenvalue weighted by Gasteiger charge is -2.39. The second-order valence-electron chi connectivity index (χ2n) is 7.60. The SMILES string of the molecule is Cl.Cl.Oc1cccc(CC(c2ccccc2)N2CCN(Cc3ccccc3)CC2)c1. The molecular weight excluding hydrogens is 415 g/mol. The van der Waals surface area contributed by atoms with Crippen LogP contribution >= 0.6 is 24.8 Å². The quantitative estimate of drug-likeness (QED) is 0.555. The number of halogens is 2. The predicted molar refractivity (Wildman–Crippen MR) is 129 cm³/mol. The van der Waals surface area contributed by atoms with Crippen LogP contribution in [0.4, 0.5) is 0 Å². The lowest BCUT2D eigenvalue weighted by molar-refractivity contribution is 0.0911. The molecule has 160 valence electrons. The van der Waals surface area contributed by atoms with E-state index in [-0.39, 0.29) is 24.8 Å². The number of hydrogen-bond acceptors (Lipinski definition) is 3. The topological polar surface area (TPSA) is 26.7 Å². The molecule has 1 heterocycles. The van der Waals surface area contributed by atoms with Gasteiger partial charge in [0.05, 0.1) is 0 Å². The van der Waals surface area contributed by atoms with Gasteiger partial charge in [0, 0.05) is 38.8 Å². The van der Waals surface area contributed by atoms with Crippen molar-refractivity contribution >= 4 is 24.8 Å². The van der Waals surface area contributed by atoms with E-state index in [0.717, 1.165) is 39.1 Å². The number of aromatic hydroxyl groups is 1. The second kappa shape index (κ2) is 12.0. The number of phenols is 1. The molecule has 0 aromatic heterocycles. The van der Waals surface area contributed by atoms with Gasteiger partial charge in [-0.3, -0.25) is 9.80 Å². The minimum Gasteiger partial charge on any atom is -0.508 e. The van der Waals surface area contributed by atoms with Crippen LogP contribution in [0.25, 0.3) is 0 Å². The normalized spacial score (nSPS) is 15.6. The third kappa shape index (κ3) is 6.48. The molecular formula is C25H30Cl2N2O. The lowest BCUT2D eigenvalue weighted by Crippen LogP contribution is -2.47. The van der Waals surface area contributed by atoms with Crippen molar-refractivity contribution in [2.45, 2.75) is 19.0 Å². The van der Waals surface area contributed by atoms with E-state index in [1.807, 2.05) is 12.1 Å². The number of benzene rings is 3. The second-order valence-corrected chi connectivity index (χ2v) is 7.60. The van der Waals surface area contributed by atoms with Gasteiger partial charge >= 0.3 is 0 Å². The van der Waals surface area contributed by atoms with Crippen molar-refractivity contribution in [1.82, 2.24) is 9.80 Å². The number of rotatable bonds is 6. The van der Waals surface area contributed by atoms with Crippen molar-refractivity contribution in [3.63, 3.8) is 0 Å². The molecule has 4 rings (SSSR count). The van der Waals surface area contributed by atoms with E-state index < -0.39 is 0 Å². The number of phenolic OH excluding ortho intramolecular Hbond substituents is 1. The monoisotopic (exact) mass is 444 g/mol. The largest absolute Gasteiger partial charge is 0.508 e. The lowest BCUT2D eigenvalue weighted by atomic mass is 9.96. The first-order valence-corrected chi connectivity index (χ1v) is 10.1. The molecule has 3 nitrogen and oxygen atoms in total. The van der Waals surface area contributed by atoms with Crippen LogP contribution in [0.5, 0.6) is 5.75 Å². The van der Waals surface area contributed by atoms with Crippen LogP contribution in [0.15, 0.2) is 84.9 Å². The standard InChI is InChI=1S/C25H28N2O.2ClH/c28-24-13-7-10-22(18-24)19-25(23-11-5-2-6-12-23)27-16-14-26(15-17-27)20-21-8-3-1-4-9-21;;/h1-13,18,25,28H,14-17,19-20H2;2*1H. The van der Waals surface area contributed by atoms with Gasteiger partial charge in [-0.25, -0.2) is 0 Å². The van der Waals surface area contributed by atoms with Crippen LogP contribution in [-0.4, -0.2) is 41.1 Å². The smallest absolute Gasteiger partial charge is 0.115 e. The van der Waals surface area contributed by atoms with Gasteiger partial charge in [-0.05, 0) is 35.2 Å². The summed E-state index contributed by atoms with van der Waals surface area (Å²) >= 11 is 0. The van der Waals surface area contributed by atoms with E-state index in [2.05, 4.69) is 76.5 Å². The minimum absolute atomic E-state index is 0. The Morgan fingerprint density at radius 3 is 1.93 bits per heavy atom. The molecule has 1 aliphatic rings. The van der Waals surface area contributed by atoms with Crippen LogP contribution in [0.2, 0.25) is 0 Å². The van der Waals surface area contributed by atoms with Crippen LogP contribution < -0.4 is 0 Å². The van der Waals surface area contributed by atoms with Crippen LogP contribution in [0.1, 0.15) is 22.7 Å². The van der Waals surface area contributed by atoms with Gasteiger partial charge < -0.3 is 5.11 Å². The fraction of sp³-hybridized carbons (Fsp3) is 0.280.